The number of anilines is 1. The molecule has 0 fully saturated rings. The highest BCUT2D eigenvalue weighted by Gasteiger charge is 2.14. The van der Waals surface area contributed by atoms with Crippen LogP contribution in [0.5, 0.6) is 0 Å². The van der Waals surface area contributed by atoms with E-state index in [9.17, 15) is 9.59 Å². The van der Waals surface area contributed by atoms with Crippen molar-refractivity contribution in [3.63, 3.8) is 0 Å². The van der Waals surface area contributed by atoms with E-state index >= 15 is 0 Å². The van der Waals surface area contributed by atoms with Crippen LogP contribution in [-0.2, 0) is 0 Å². The molecule has 0 saturated heterocycles. The number of benzene rings is 3. The molecule has 0 atom stereocenters. The van der Waals surface area contributed by atoms with Crippen molar-refractivity contribution in [2.75, 3.05) is 18.0 Å². The fourth-order valence-corrected chi connectivity index (χ4v) is 4.00. The molecule has 0 amide bonds. The van der Waals surface area contributed by atoms with Crippen molar-refractivity contribution in [2.24, 2.45) is 0 Å². The van der Waals surface area contributed by atoms with Crippen LogP contribution in [0, 0.1) is 0 Å². The summed E-state index contributed by atoms with van der Waals surface area (Å²) in [6.45, 7) is 5.89. The van der Waals surface area contributed by atoms with Crippen LogP contribution >= 0.6 is 0 Å². The molecule has 2 aromatic heterocycles. The first-order valence-corrected chi connectivity index (χ1v) is 10.3. The highest BCUT2D eigenvalue weighted by molar-refractivity contribution is 5.96. The molecular formula is C25H21N3O3. The number of nitrogens with zero attached hydrogens (tertiary/aromatic N) is 2. The van der Waals surface area contributed by atoms with Gasteiger partial charge in [-0.1, -0.05) is 24.3 Å². The van der Waals surface area contributed by atoms with Crippen molar-refractivity contribution < 1.29 is 4.42 Å². The molecule has 5 rings (SSSR count). The second kappa shape index (κ2) is 7.40. The van der Waals surface area contributed by atoms with E-state index in [4.69, 9.17) is 4.42 Å². The number of rotatable bonds is 4. The van der Waals surface area contributed by atoms with Crippen LogP contribution in [0.3, 0.4) is 0 Å². The summed E-state index contributed by atoms with van der Waals surface area (Å²) in [5, 5.41) is 3.20. The maximum Gasteiger partial charge on any atom is 0.347 e. The van der Waals surface area contributed by atoms with Crippen molar-refractivity contribution in [3.05, 3.63) is 81.4 Å². The Balaban J connectivity index is 1.68. The standard InChI is InChI=1S/C25H21N3O3/c1-3-28(4-2)18-10-9-17-12-20(25(30)31-22(17)14-18)23-26-21-13-16-8-6-5-7-15(16)11-19(21)24(29)27-23/h5-14H,3-4H2,1-2H3,(H,26,27,29). The monoisotopic (exact) mass is 411 g/mol. The zero-order chi connectivity index (χ0) is 21.5. The molecule has 0 aliphatic rings. The molecule has 0 radical (unpaired) electrons. The lowest BCUT2D eigenvalue weighted by Gasteiger charge is -2.21. The van der Waals surface area contributed by atoms with E-state index in [2.05, 4.69) is 28.7 Å². The average Bonchev–Trinajstić information content (AvgIpc) is 2.78. The fraction of sp³-hybridized carbons (Fsp3) is 0.160. The summed E-state index contributed by atoms with van der Waals surface area (Å²) in [4.78, 5) is 35.0. The molecule has 154 valence electrons. The van der Waals surface area contributed by atoms with Gasteiger partial charge in [0.15, 0.2) is 0 Å². The molecule has 0 bridgehead atoms. The summed E-state index contributed by atoms with van der Waals surface area (Å²) in [5.74, 6) is 0.205. The fourth-order valence-electron chi connectivity index (χ4n) is 4.00. The SMILES string of the molecule is CCN(CC)c1ccc2cc(-c3nc4cc5ccccc5cc4c(=O)[nH]3)c(=O)oc2c1. The van der Waals surface area contributed by atoms with E-state index in [0.29, 0.717) is 16.5 Å². The Morgan fingerprint density at radius 1 is 0.903 bits per heavy atom. The Morgan fingerprint density at radius 3 is 2.39 bits per heavy atom. The third-order valence-corrected chi connectivity index (χ3v) is 5.68. The number of fused-ring (bicyclic) bond motifs is 3. The normalized spacial score (nSPS) is 11.4. The predicted octanol–water partition coefficient (Wildman–Crippen LogP) is 4.70. The van der Waals surface area contributed by atoms with Crippen molar-refractivity contribution in [1.29, 1.82) is 0 Å². The second-order valence-corrected chi connectivity index (χ2v) is 7.47. The van der Waals surface area contributed by atoms with E-state index in [1.54, 1.807) is 6.07 Å². The summed E-state index contributed by atoms with van der Waals surface area (Å²) < 4.78 is 5.60. The summed E-state index contributed by atoms with van der Waals surface area (Å²) in [7, 11) is 0. The molecule has 0 saturated carbocycles. The lowest BCUT2D eigenvalue weighted by molar-refractivity contribution is 0.562. The maximum absolute atomic E-state index is 12.8. The average molecular weight is 411 g/mol. The molecule has 0 unspecified atom stereocenters. The van der Waals surface area contributed by atoms with Crippen molar-refractivity contribution in [2.45, 2.75) is 13.8 Å². The minimum atomic E-state index is -0.535. The zero-order valence-corrected chi connectivity index (χ0v) is 17.3. The lowest BCUT2D eigenvalue weighted by atomic mass is 10.1. The van der Waals surface area contributed by atoms with Gasteiger partial charge in [-0.25, -0.2) is 9.78 Å². The molecule has 1 N–H and O–H groups in total. The molecule has 0 spiro atoms. The highest BCUT2D eigenvalue weighted by Crippen LogP contribution is 2.25. The van der Waals surface area contributed by atoms with Crippen LogP contribution in [-0.4, -0.2) is 23.1 Å². The third-order valence-electron chi connectivity index (χ3n) is 5.68. The topological polar surface area (TPSA) is 79.2 Å². The molecule has 5 aromatic rings. The van der Waals surface area contributed by atoms with Gasteiger partial charge in [0.05, 0.1) is 10.9 Å². The van der Waals surface area contributed by atoms with Gasteiger partial charge in [-0.15, -0.1) is 0 Å². The molecular weight excluding hydrogens is 390 g/mol. The van der Waals surface area contributed by atoms with Gasteiger partial charge >= 0.3 is 5.63 Å². The molecule has 3 aromatic carbocycles. The second-order valence-electron chi connectivity index (χ2n) is 7.47. The largest absolute Gasteiger partial charge is 0.422 e. The minimum absolute atomic E-state index is 0.205. The van der Waals surface area contributed by atoms with Gasteiger partial charge in [0.2, 0.25) is 0 Å². The Hall–Kier alpha value is -3.93. The van der Waals surface area contributed by atoms with Gasteiger partial charge in [0.25, 0.3) is 5.56 Å². The van der Waals surface area contributed by atoms with Crippen molar-refractivity contribution in [1.82, 2.24) is 9.97 Å². The van der Waals surface area contributed by atoms with Crippen molar-refractivity contribution >= 4 is 38.3 Å². The summed E-state index contributed by atoms with van der Waals surface area (Å²) in [6.07, 6.45) is 0. The smallest absolute Gasteiger partial charge is 0.347 e. The molecule has 6 nitrogen and oxygen atoms in total. The van der Waals surface area contributed by atoms with E-state index < -0.39 is 5.63 Å². The van der Waals surface area contributed by atoms with Crippen molar-refractivity contribution in [3.8, 4) is 11.4 Å². The van der Waals surface area contributed by atoms with Crippen LogP contribution in [0.15, 0.2) is 74.7 Å². The first-order valence-electron chi connectivity index (χ1n) is 10.3. The number of nitrogens with one attached hydrogen (secondary N) is 1. The van der Waals surface area contributed by atoms with Crippen LogP contribution in [0.25, 0.3) is 44.0 Å². The van der Waals surface area contributed by atoms with Crippen LogP contribution in [0.2, 0.25) is 0 Å². The Bertz CT molecular complexity index is 1560. The van der Waals surface area contributed by atoms with Gasteiger partial charge in [-0.2, -0.15) is 0 Å². The Kier molecular flexibility index (Phi) is 4.55. The molecule has 2 heterocycles. The number of aromatic amines is 1. The van der Waals surface area contributed by atoms with E-state index in [-0.39, 0.29) is 16.9 Å². The summed E-state index contributed by atoms with van der Waals surface area (Å²) in [5.41, 5.74) is 1.45. The highest BCUT2D eigenvalue weighted by atomic mass is 16.4. The molecule has 31 heavy (non-hydrogen) atoms. The first kappa shape index (κ1) is 19.1. The van der Waals surface area contributed by atoms with Crippen LogP contribution < -0.4 is 16.1 Å². The molecule has 6 heteroatoms. The van der Waals surface area contributed by atoms with Crippen LogP contribution in [0.4, 0.5) is 5.69 Å². The third kappa shape index (κ3) is 3.26. The minimum Gasteiger partial charge on any atom is -0.422 e. The van der Waals surface area contributed by atoms with Gasteiger partial charge in [0, 0.05) is 30.2 Å². The van der Waals surface area contributed by atoms with Crippen LogP contribution in [0.1, 0.15) is 13.8 Å². The zero-order valence-electron chi connectivity index (χ0n) is 17.3. The van der Waals surface area contributed by atoms with Gasteiger partial charge in [0.1, 0.15) is 17.0 Å². The number of hydrogen-bond acceptors (Lipinski definition) is 5. The van der Waals surface area contributed by atoms with E-state index in [1.807, 2.05) is 54.6 Å². The summed E-state index contributed by atoms with van der Waals surface area (Å²) >= 11 is 0. The van der Waals surface area contributed by atoms with Gasteiger partial charge in [-0.05, 0) is 55.0 Å². The van der Waals surface area contributed by atoms with E-state index in [0.717, 1.165) is 34.9 Å². The lowest BCUT2D eigenvalue weighted by Crippen LogP contribution is -2.21. The number of H-pyrrole nitrogens is 1. The number of aromatic nitrogens is 2. The molecule has 0 aliphatic heterocycles. The Labute approximate surface area is 177 Å². The molecule has 0 aliphatic carbocycles. The van der Waals surface area contributed by atoms with E-state index in [1.165, 1.54) is 0 Å². The predicted molar refractivity (Wildman–Crippen MR) is 125 cm³/mol. The number of hydrogen-bond donors (Lipinski definition) is 1. The quantitative estimate of drug-likeness (QED) is 0.343. The maximum atomic E-state index is 12.8. The Morgan fingerprint density at radius 2 is 1.65 bits per heavy atom. The van der Waals surface area contributed by atoms with Gasteiger partial charge in [-0.3, -0.25) is 4.79 Å². The van der Waals surface area contributed by atoms with Gasteiger partial charge < -0.3 is 14.3 Å². The first-order chi connectivity index (χ1) is 15.1. The summed E-state index contributed by atoms with van der Waals surface area (Å²) in [6, 6.07) is 19.0.